The molecule has 47 heavy (non-hydrogen) atoms. The topological polar surface area (TPSA) is 82.2 Å². The number of rotatable bonds is 11. The predicted molar refractivity (Wildman–Crippen MR) is 182 cm³/mol. The third-order valence-electron chi connectivity index (χ3n) is 12.0. The number of alkyl carbamates (subject to hydrolysis) is 1. The number of sulfone groups is 1. The maximum atomic E-state index is 15.0. The number of hydrogen-bond acceptors (Lipinski definition) is 7. The first kappa shape index (κ1) is 32.8. The SMILES string of the molecule is COC(=O)N[C@H]1CCC[C@@H]1C(CN1CCCC1)(c1cccc(F)c1)C1CCN(CC2CN(c3ccc(S(=O)(=O)C4CC4)cc3)C2)CC1. The molecule has 5 aliphatic rings. The number of carbonyl (C=O) groups is 1. The van der Waals surface area contributed by atoms with E-state index >= 15 is 0 Å². The van der Waals surface area contributed by atoms with Crippen molar-refractivity contribution in [2.45, 2.75) is 79.4 Å². The van der Waals surface area contributed by atoms with Gasteiger partial charge in [-0.2, -0.15) is 0 Å². The molecule has 0 radical (unpaired) electrons. The van der Waals surface area contributed by atoms with Crippen LogP contribution in [0.3, 0.4) is 0 Å². The predicted octanol–water partition coefficient (Wildman–Crippen LogP) is 5.47. The van der Waals surface area contributed by atoms with E-state index in [1.807, 2.05) is 18.2 Å². The minimum absolute atomic E-state index is 0.00943. The Bertz CT molecular complexity index is 1500. The molecule has 2 aliphatic carbocycles. The van der Waals surface area contributed by atoms with Gasteiger partial charge in [-0.3, -0.25) is 0 Å². The van der Waals surface area contributed by atoms with E-state index in [9.17, 15) is 17.6 Å². The average Bonchev–Trinajstić information content (AvgIpc) is 3.63. The molecule has 2 saturated carbocycles. The monoisotopic (exact) mass is 666 g/mol. The standard InChI is InChI=1S/C37H51FN4O4S/c1-46-36(43)39-35-9-5-8-34(35)37(26-41-18-2-3-19-41,29-6-4-7-30(38)22-29)28-16-20-40(21-17-28)23-27-24-42(25-27)31-10-12-32(13-11-31)47(44,45)33-14-15-33/h4,6-7,10-13,22,27-28,33-35H,2-3,5,8-9,14-21,23-26H2,1H3,(H,39,43)/t34-,35-,37?/m0/s1. The molecule has 3 atom stereocenters. The third-order valence-corrected chi connectivity index (χ3v) is 14.3. The van der Waals surface area contributed by atoms with E-state index in [2.05, 4.69) is 26.1 Å². The van der Waals surface area contributed by atoms with Crippen LogP contribution in [-0.2, 0) is 20.0 Å². The lowest BCUT2D eigenvalue weighted by Crippen LogP contribution is -2.58. The van der Waals surface area contributed by atoms with E-state index in [1.54, 1.807) is 24.3 Å². The molecule has 1 amide bonds. The van der Waals surface area contributed by atoms with Crippen molar-refractivity contribution in [2.24, 2.45) is 17.8 Å². The van der Waals surface area contributed by atoms with Gasteiger partial charge in [0.2, 0.25) is 0 Å². The van der Waals surface area contributed by atoms with Crippen molar-refractivity contribution in [1.82, 2.24) is 15.1 Å². The average molecular weight is 667 g/mol. The lowest BCUT2D eigenvalue weighted by molar-refractivity contribution is 0.0436. The number of ether oxygens (including phenoxy) is 1. The zero-order chi connectivity index (χ0) is 32.6. The number of piperidine rings is 1. The third kappa shape index (κ3) is 6.79. The first-order valence-electron chi connectivity index (χ1n) is 17.9. The van der Waals surface area contributed by atoms with E-state index in [-0.39, 0.29) is 34.5 Å². The van der Waals surface area contributed by atoms with E-state index < -0.39 is 9.84 Å². The van der Waals surface area contributed by atoms with Gasteiger partial charge in [-0.05, 0) is 131 Å². The van der Waals surface area contributed by atoms with Crippen molar-refractivity contribution in [2.75, 3.05) is 64.4 Å². The van der Waals surface area contributed by atoms with Crippen LogP contribution >= 0.6 is 0 Å². The Kier molecular flexibility index (Phi) is 9.55. The lowest BCUT2D eigenvalue weighted by Gasteiger charge is -2.52. The molecule has 1 N–H and O–H groups in total. The molecule has 8 nitrogen and oxygen atoms in total. The molecular weight excluding hydrogens is 615 g/mol. The van der Waals surface area contributed by atoms with Crippen LogP contribution in [-0.4, -0.2) is 95.1 Å². The Labute approximate surface area is 279 Å². The zero-order valence-corrected chi connectivity index (χ0v) is 28.6. The fourth-order valence-electron chi connectivity index (χ4n) is 9.45. The molecule has 10 heteroatoms. The highest BCUT2D eigenvalue weighted by Crippen LogP contribution is 2.51. The van der Waals surface area contributed by atoms with Gasteiger partial charge in [0.15, 0.2) is 9.84 Å². The summed E-state index contributed by atoms with van der Waals surface area (Å²) >= 11 is 0. The van der Waals surface area contributed by atoms with Crippen molar-refractivity contribution in [3.05, 3.63) is 59.9 Å². The number of methoxy groups -OCH3 is 1. The zero-order valence-electron chi connectivity index (χ0n) is 27.8. The summed E-state index contributed by atoms with van der Waals surface area (Å²) in [6, 6.07) is 14.9. The van der Waals surface area contributed by atoms with E-state index in [0.717, 1.165) is 109 Å². The van der Waals surface area contributed by atoms with Crippen LogP contribution < -0.4 is 10.2 Å². The van der Waals surface area contributed by atoms with Gasteiger partial charge in [0, 0.05) is 49.2 Å². The van der Waals surface area contributed by atoms with Gasteiger partial charge < -0.3 is 24.8 Å². The van der Waals surface area contributed by atoms with Crippen molar-refractivity contribution in [3.63, 3.8) is 0 Å². The van der Waals surface area contributed by atoms with Crippen LogP contribution in [0.1, 0.15) is 63.4 Å². The van der Waals surface area contributed by atoms with Crippen LogP contribution in [0.4, 0.5) is 14.9 Å². The molecule has 0 bridgehead atoms. The van der Waals surface area contributed by atoms with Crippen LogP contribution in [0, 0.1) is 23.6 Å². The number of nitrogens with one attached hydrogen (secondary N) is 1. The highest BCUT2D eigenvalue weighted by atomic mass is 32.2. The lowest BCUT2D eigenvalue weighted by atomic mass is 9.58. The molecule has 0 spiro atoms. The van der Waals surface area contributed by atoms with Gasteiger partial charge in [-0.1, -0.05) is 18.6 Å². The Balaban J connectivity index is 1.04. The normalized spacial score (nSPS) is 26.2. The highest BCUT2D eigenvalue weighted by molar-refractivity contribution is 7.92. The first-order chi connectivity index (χ1) is 22.8. The van der Waals surface area contributed by atoms with Crippen LogP contribution in [0.5, 0.6) is 0 Å². The minimum atomic E-state index is -3.15. The van der Waals surface area contributed by atoms with E-state index in [0.29, 0.717) is 16.7 Å². The Morgan fingerprint density at radius 2 is 1.64 bits per heavy atom. The second-order valence-corrected chi connectivity index (χ2v) is 17.1. The number of anilines is 1. The Morgan fingerprint density at radius 3 is 2.30 bits per heavy atom. The van der Waals surface area contributed by atoms with Gasteiger partial charge in [0.05, 0.1) is 17.3 Å². The molecule has 256 valence electrons. The fraction of sp³-hybridized carbons (Fsp3) is 0.649. The van der Waals surface area contributed by atoms with Crippen molar-refractivity contribution >= 4 is 21.6 Å². The number of amides is 1. The molecular formula is C37H51FN4O4S. The minimum Gasteiger partial charge on any atom is -0.453 e. The van der Waals surface area contributed by atoms with Crippen LogP contribution in [0.25, 0.3) is 0 Å². The number of hydrogen-bond donors (Lipinski definition) is 1. The number of halogens is 1. The van der Waals surface area contributed by atoms with Crippen LogP contribution in [0.2, 0.25) is 0 Å². The van der Waals surface area contributed by atoms with Crippen molar-refractivity contribution in [3.8, 4) is 0 Å². The first-order valence-corrected chi connectivity index (χ1v) is 19.4. The van der Waals surface area contributed by atoms with Gasteiger partial charge in [-0.15, -0.1) is 0 Å². The summed E-state index contributed by atoms with van der Waals surface area (Å²) in [5.41, 5.74) is 1.94. The van der Waals surface area contributed by atoms with Gasteiger partial charge >= 0.3 is 6.09 Å². The molecule has 0 aromatic heterocycles. The summed E-state index contributed by atoms with van der Waals surface area (Å²) in [7, 11) is -1.73. The number of carbonyl (C=O) groups excluding carboxylic acids is 1. The second-order valence-electron chi connectivity index (χ2n) is 14.9. The number of nitrogens with zero attached hydrogens (tertiary/aromatic N) is 3. The largest absolute Gasteiger partial charge is 0.453 e. The van der Waals surface area contributed by atoms with E-state index in [4.69, 9.17) is 4.74 Å². The maximum Gasteiger partial charge on any atom is 0.407 e. The smallest absolute Gasteiger partial charge is 0.407 e. The van der Waals surface area contributed by atoms with Crippen molar-refractivity contribution < 1.29 is 22.3 Å². The summed E-state index contributed by atoms with van der Waals surface area (Å²) in [4.78, 5) is 20.5. The highest BCUT2D eigenvalue weighted by Gasteiger charge is 2.53. The van der Waals surface area contributed by atoms with Gasteiger partial charge in [0.1, 0.15) is 5.82 Å². The summed E-state index contributed by atoms with van der Waals surface area (Å²) in [6.07, 6.45) is 8.70. The molecule has 5 fully saturated rings. The molecule has 3 saturated heterocycles. The summed E-state index contributed by atoms with van der Waals surface area (Å²) in [5, 5.41) is 3.02. The van der Waals surface area contributed by atoms with Gasteiger partial charge in [0.25, 0.3) is 0 Å². The fourth-order valence-corrected chi connectivity index (χ4v) is 11.1. The summed E-state index contributed by atoms with van der Waals surface area (Å²) < 4.78 is 45.2. The van der Waals surface area contributed by atoms with Gasteiger partial charge in [-0.25, -0.2) is 17.6 Å². The van der Waals surface area contributed by atoms with Crippen LogP contribution in [0.15, 0.2) is 53.4 Å². The molecule has 1 unspecified atom stereocenters. The second kappa shape index (κ2) is 13.7. The Morgan fingerprint density at radius 1 is 0.915 bits per heavy atom. The Hall–Kier alpha value is -2.69. The number of benzene rings is 2. The molecule has 3 aliphatic heterocycles. The van der Waals surface area contributed by atoms with Crippen molar-refractivity contribution in [1.29, 1.82) is 0 Å². The molecule has 2 aromatic carbocycles. The molecule has 3 heterocycles. The molecule has 7 rings (SSSR count). The summed E-state index contributed by atoms with van der Waals surface area (Å²) in [6.45, 7) is 8.14. The quantitative estimate of drug-likeness (QED) is 0.341. The summed E-state index contributed by atoms with van der Waals surface area (Å²) in [5.74, 6) is 0.998. The van der Waals surface area contributed by atoms with E-state index in [1.165, 1.54) is 20.0 Å². The molecule has 2 aromatic rings. The number of likely N-dealkylation sites (tertiary alicyclic amines) is 2. The maximum absolute atomic E-state index is 15.0.